The molecule has 6 heteroatoms. The number of methoxy groups -OCH3 is 1. The molecule has 0 radical (unpaired) electrons. The quantitative estimate of drug-likeness (QED) is 0.831. The highest BCUT2D eigenvalue weighted by Crippen LogP contribution is 2.22. The molecule has 1 aliphatic rings. The molecule has 1 saturated heterocycles. The van der Waals surface area contributed by atoms with Gasteiger partial charge >= 0.3 is 0 Å². The number of ether oxygens (including phenoxy) is 1. The van der Waals surface area contributed by atoms with E-state index in [1.165, 1.54) is 18.1 Å². The molecule has 1 fully saturated rings. The second-order valence-electron chi connectivity index (χ2n) is 5.95. The van der Waals surface area contributed by atoms with Crippen LogP contribution in [0.2, 0.25) is 0 Å². The topological polar surface area (TPSA) is 49.9 Å². The van der Waals surface area contributed by atoms with Crippen molar-refractivity contribution in [1.82, 2.24) is 9.80 Å². The minimum Gasteiger partial charge on any atom is -0.494 e. The third-order valence-electron chi connectivity index (χ3n) is 4.14. The van der Waals surface area contributed by atoms with Crippen molar-refractivity contribution in [1.29, 1.82) is 0 Å². The molecule has 1 atom stereocenters. The summed E-state index contributed by atoms with van der Waals surface area (Å²) in [6, 6.07) is 4.34. The van der Waals surface area contributed by atoms with Gasteiger partial charge in [-0.3, -0.25) is 9.59 Å². The summed E-state index contributed by atoms with van der Waals surface area (Å²) in [6.07, 6.45) is 2.26. The smallest absolute Gasteiger partial charge is 0.244 e. The Morgan fingerprint density at radius 2 is 2.13 bits per heavy atom. The van der Waals surface area contributed by atoms with E-state index in [9.17, 15) is 14.0 Å². The lowest BCUT2D eigenvalue weighted by molar-refractivity contribution is -0.142. The molecule has 23 heavy (non-hydrogen) atoms. The van der Waals surface area contributed by atoms with Crippen LogP contribution in [-0.4, -0.2) is 55.4 Å². The van der Waals surface area contributed by atoms with Gasteiger partial charge in [0.2, 0.25) is 11.8 Å². The third-order valence-corrected chi connectivity index (χ3v) is 4.14. The Labute approximate surface area is 136 Å². The molecule has 1 aromatic rings. The molecule has 2 amide bonds. The first-order valence-electron chi connectivity index (χ1n) is 7.77. The van der Waals surface area contributed by atoms with Crippen LogP contribution in [0.25, 0.3) is 0 Å². The van der Waals surface area contributed by atoms with E-state index in [0.717, 1.165) is 12.0 Å². The Morgan fingerprint density at radius 3 is 2.74 bits per heavy atom. The van der Waals surface area contributed by atoms with Crippen LogP contribution in [0, 0.1) is 5.82 Å². The second-order valence-corrected chi connectivity index (χ2v) is 5.95. The number of likely N-dealkylation sites (tertiary alicyclic amines) is 1. The van der Waals surface area contributed by atoms with Gasteiger partial charge in [-0.25, -0.2) is 4.39 Å². The Bertz CT molecular complexity index is 589. The molecule has 1 aliphatic heterocycles. The van der Waals surface area contributed by atoms with E-state index in [-0.39, 0.29) is 30.0 Å². The van der Waals surface area contributed by atoms with Crippen molar-refractivity contribution < 1.29 is 18.7 Å². The van der Waals surface area contributed by atoms with E-state index < -0.39 is 5.82 Å². The van der Waals surface area contributed by atoms with Gasteiger partial charge in [-0.05, 0) is 37.0 Å². The fourth-order valence-corrected chi connectivity index (χ4v) is 2.88. The van der Waals surface area contributed by atoms with Crippen molar-refractivity contribution in [2.75, 3.05) is 27.7 Å². The lowest BCUT2D eigenvalue weighted by Crippen LogP contribution is -2.45. The maximum Gasteiger partial charge on any atom is 0.244 e. The monoisotopic (exact) mass is 322 g/mol. The van der Waals surface area contributed by atoms with Crippen molar-refractivity contribution in [2.24, 2.45) is 0 Å². The van der Waals surface area contributed by atoms with Crippen LogP contribution >= 0.6 is 0 Å². The zero-order valence-electron chi connectivity index (χ0n) is 13.8. The molecule has 0 aliphatic carbocycles. The van der Waals surface area contributed by atoms with Crippen LogP contribution < -0.4 is 4.74 Å². The number of amides is 2. The number of halogens is 1. The molecular formula is C17H23FN2O3. The fraction of sp³-hybridized carbons (Fsp3) is 0.529. The highest BCUT2D eigenvalue weighted by atomic mass is 19.1. The van der Waals surface area contributed by atoms with Crippen LogP contribution in [0.4, 0.5) is 4.39 Å². The van der Waals surface area contributed by atoms with Gasteiger partial charge in [-0.15, -0.1) is 0 Å². The SMILES string of the molecule is COc1ccc(CCC(=O)N2CCCC2C(=O)N(C)C)cc1F. The molecule has 5 nitrogen and oxygen atoms in total. The lowest BCUT2D eigenvalue weighted by Gasteiger charge is -2.26. The first kappa shape index (κ1) is 17.2. The molecule has 1 aromatic carbocycles. The number of nitrogens with zero attached hydrogens (tertiary/aromatic N) is 2. The van der Waals surface area contributed by atoms with Gasteiger partial charge in [0.15, 0.2) is 11.6 Å². The van der Waals surface area contributed by atoms with Crippen LogP contribution in [0.3, 0.4) is 0 Å². The van der Waals surface area contributed by atoms with E-state index >= 15 is 0 Å². The van der Waals surface area contributed by atoms with Gasteiger partial charge in [-0.2, -0.15) is 0 Å². The van der Waals surface area contributed by atoms with Crippen molar-refractivity contribution in [2.45, 2.75) is 31.7 Å². The number of hydrogen-bond acceptors (Lipinski definition) is 3. The summed E-state index contributed by atoms with van der Waals surface area (Å²) in [4.78, 5) is 27.7. The molecule has 2 rings (SSSR count). The Hall–Kier alpha value is -2.11. The standard InChI is InChI=1S/C17H23FN2O3/c1-19(2)17(22)14-5-4-10-20(14)16(21)9-7-12-6-8-15(23-3)13(18)11-12/h6,8,11,14H,4-5,7,9-10H2,1-3H3. The van der Waals surface area contributed by atoms with Gasteiger partial charge in [0.25, 0.3) is 0 Å². The first-order chi connectivity index (χ1) is 10.9. The average Bonchev–Trinajstić information content (AvgIpc) is 3.01. The highest BCUT2D eigenvalue weighted by molar-refractivity contribution is 5.88. The summed E-state index contributed by atoms with van der Waals surface area (Å²) in [7, 11) is 4.81. The van der Waals surface area contributed by atoms with E-state index in [1.54, 1.807) is 31.1 Å². The van der Waals surface area contributed by atoms with Gasteiger partial charge in [0.05, 0.1) is 7.11 Å². The Kier molecular flexibility index (Phi) is 5.58. The Balaban J connectivity index is 1.96. The van der Waals surface area contributed by atoms with Crippen LogP contribution in [-0.2, 0) is 16.0 Å². The zero-order valence-corrected chi connectivity index (χ0v) is 13.8. The summed E-state index contributed by atoms with van der Waals surface area (Å²) in [5, 5.41) is 0. The van der Waals surface area contributed by atoms with E-state index in [1.807, 2.05) is 0 Å². The van der Waals surface area contributed by atoms with Gasteiger partial charge in [0, 0.05) is 27.1 Å². The second kappa shape index (κ2) is 7.44. The van der Waals surface area contributed by atoms with Crippen LogP contribution in [0.15, 0.2) is 18.2 Å². The molecule has 0 bridgehead atoms. The predicted octanol–water partition coefficient (Wildman–Crippen LogP) is 1.85. The Morgan fingerprint density at radius 1 is 1.39 bits per heavy atom. The van der Waals surface area contributed by atoms with Crippen molar-refractivity contribution in [3.05, 3.63) is 29.6 Å². The van der Waals surface area contributed by atoms with E-state index in [2.05, 4.69) is 0 Å². The fourth-order valence-electron chi connectivity index (χ4n) is 2.88. The molecule has 0 saturated carbocycles. The largest absolute Gasteiger partial charge is 0.494 e. The van der Waals surface area contributed by atoms with Crippen molar-refractivity contribution in [3.63, 3.8) is 0 Å². The van der Waals surface area contributed by atoms with Crippen molar-refractivity contribution in [3.8, 4) is 5.75 Å². The minimum atomic E-state index is -0.431. The van der Waals surface area contributed by atoms with Gasteiger partial charge in [0.1, 0.15) is 6.04 Å². The molecule has 0 spiro atoms. The number of likely N-dealkylation sites (N-methyl/N-ethyl adjacent to an activating group) is 1. The normalized spacial score (nSPS) is 17.2. The molecule has 0 aromatic heterocycles. The average molecular weight is 322 g/mol. The number of aryl methyl sites for hydroxylation is 1. The molecule has 126 valence electrons. The van der Waals surface area contributed by atoms with Gasteiger partial charge in [-0.1, -0.05) is 6.07 Å². The van der Waals surface area contributed by atoms with Crippen LogP contribution in [0.5, 0.6) is 5.75 Å². The van der Waals surface area contributed by atoms with Crippen molar-refractivity contribution >= 4 is 11.8 Å². The molecule has 1 unspecified atom stereocenters. The molecule has 0 N–H and O–H groups in total. The number of hydrogen-bond donors (Lipinski definition) is 0. The minimum absolute atomic E-state index is 0.0358. The predicted molar refractivity (Wildman–Crippen MR) is 84.7 cm³/mol. The van der Waals surface area contributed by atoms with E-state index in [0.29, 0.717) is 19.4 Å². The summed E-state index contributed by atoms with van der Waals surface area (Å²) in [5.41, 5.74) is 0.742. The maximum absolute atomic E-state index is 13.7. The molecule has 1 heterocycles. The summed E-state index contributed by atoms with van der Waals surface area (Å²) < 4.78 is 18.5. The maximum atomic E-state index is 13.7. The number of rotatable bonds is 5. The zero-order chi connectivity index (χ0) is 17.0. The highest BCUT2D eigenvalue weighted by Gasteiger charge is 2.34. The summed E-state index contributed by atoms with van der Waals surface area (Å²) >= 11 is 0. The number of carbonyl (C=O) groups excluding carboxylic acids is 2. The van der Waals surface area contributed by atoms with E-state index in [4.69, 9.17) is 4.74 Å². The first-order valence-corrected chi connectivity index (χ1v) is 7.77. The van der Waals surface area contributed by atoms with Gasteiger partial charge < -0.3 is 14.5 Å². The number of carbonyl (C=O) groups is 2. The lowest BCUT2D eigenvalue weighted by atomic mass is 10.1. The third kappa shape index (κ3) is 4.00. The molecular weight excluding hydrogens is 299 g/mol. The van der Waals surface area contributed by atoms with Crippen LogP contribution in [0.1, 0.15) is 24.8 Å². The number of benzene rings is 1. The summed E-state index contributed by atoms with van der Waals surface area (Å²) in [5.74, 6) is -0.333. The summed E-state index contributed by atoms with van der Waals surface area (Å²) in [6.45, 7) is 0.611.